The third-order valence-corrected chi connectivity index (χ3v) is 4.48. The number of aliphatic hydroxyl groups excluding tert-OH is 1. The molecule has 2 aliphatic carbocycles. The van der Waals surface area contributed by atoms with Crippen LogP contribution in [0.15, 0.2) is 18.2 Å². The average Bonchev–Trinajstić information content (AvgIpc) is 2.79. The van der Waals surface area contributed by atoms with E-state index in [1.54, 1.807) is 0 Å². The summed E-state index contributed by atoms with van der Waals surface area (Å²) in [7, 11) is 0. The molecule has 2 fully saturated rings. The molecule has 3 atom stereocenters. The zero-order valence-electron chi connectivity index (χ0n) is 10.1. The lowest BCUT2D eigenvalue weighted by Crippen LogP contribution is -2.10. The van der Waals surface area contributed by atoms with Crippen LogP contribution in [0, 0.1) is 23.6 Å². The lowest BCUT2D eigenvalue weighted by Gasteiger charge is -2.15. The predicted octanol–water partition coefficient (Wildman–Crippen LogP) is 3.92. The first-order chi connectivity index (χ1) is 8.89. The van der Waals surface area contributed by atoms with Crippen LogP contribution in [0.2, 0.25) is 0 Å². The van der Waals surface area contributed by atoms with Crippen LogP contribution in [-0.2, 0) is 6.18 Å². The highest BCUT2D eigenvalue weighted by Gasteiger charge is 2.56. The maximum Gasteiger partial charge on any atom is 0.419 e. The third kappa shape index (κ3) is 2.14. The number of aliphatic hydroxyl groups is 1. The minimum Gasteiger partial charge on any atom is -0.388 e. The summed E-state index contributed by atoms with van der Waals surface area (Å²) in [5.41, 5.74) is -1.02. The number of hydrogen-bond acceptors (Lipinski definition) is 1. The molecular weight excluding hydrogens is 260 g/mol. The summed E-state index contributed by atoms with van der Waals surface area (Å²) < 4.78 is 50.8. The highest BCUT2D eigenvalue weighted by molar-refractivity contribution is 5.29. The number of rotatable bonds is 2. The fourth-order valence-electron chi connectivity index (χ4n) is 3.51. The summed E-state index contributed by atoms with van der Waals surface area (Å²) in [5.74, 6) is -0.263. The zero-order chi connectivity index (χ0) is 13.8. The van der Waals surface area contributed by atoms with E-state index in [1.165, 1.54) is 6.07 Å². The quantitative estimate of drug-likeness (QED) is 0.810. The van der Waals surface area contributed by atoms with Crippen molar-refractivity contribution < 1.29 is 22.7 Å². The maximum absolute atomic E-state index is 13.4. The Morgan fingerprint density at radius 2 is 1.79 bits per heavy atom. The first-order valence-corrected chi connectivity index (χ1v) is 6.44. The fourth-order valence-corrected chi connectivity index (χ4v) is 3.51. The van der Waals surface area contributed by atoms with E-state index in [0.717, 1.165) is 25.3 Å². The van der Waals surface area contributed by atoms with Crippen molar-refractivity contribution in [1.29, 1.82) is 0 Å². The van der Waals surface area contributed by atoms with Crippen LogP contribution in [0.1, 0.15) is 36.5 Å². The Morgan fingerprint density at radius 3 is 2.32 bits per heavy atom. The number of fused-ring (bicyclic) bond motifs is 1. The van der Waals surface area contributed by atoms with E-state index in [4.69, 9.17) is 0 Å². The highest BCUT2D eigenvalue weighted by atomic mass is 19.4. The Morgan fingerprint density at radius 1 is 1.16 bits per heavy atom. The predicted molar refractivity (Wildman–Crippen MR) is 60.7 cm³/mol. The molecule has 1 nitrogen and oxygen atoms in total. The van der Waals surface area contributed by atoms with Crippen molar-refractivity contribution >= 4 is 0 Å². The molecule has 5 heteroatoms. The molecule has 2 aliphatic rings. The Bertz CT molecular complexity index is 487. The average molecular weight is 274 g/mol. The van der Waals surface area contributed by atoms with Crippen molar-refractivity contribution in [1.82, 2.24) is 0 Å². The van der Waals surface area contributed by atoms with Crippen LogP contribution in [0.4, 0.5) is 17.6 Å². The molecule has 3 rings (SSSR count). The molecule has 0 aliphatic heterocycles. The summed E-state index contributed by atoms with van der Waals surface area (Å²) in [4.78, 5) is 0. The van der Waals surface area contributed by atoms with Crippen molar-refractivity contribution in [2.24, 2.45) is 17.8 Å². The molecule has 1 N–H and O–H groups in total. The van der Waals surface area contributed by atoms with Crippen molar-refractivity contribution in [3.8, 4) is 0 Å². The number of hydrogen-bond donors (Lipinski definition) is 1. The highest BCUT2D eigenvalue weighted by Crippen LogP contribution is 2.62. The van der Waals surface area contributed by atoms with Crippen molar-refractivity contribution in [2.75, 3.05) is 0 Å². The zero-order valence-corrected chi connectivity index (χ0v) is 10.1. The maximum atomic E-state index is 13.4. The Labute approximate surface area is 108 Å². The molecule has 2 saturated carbocycles. The van der Waals surface area contributed by atoms with Crippen LogP contribution in [0.25, 0.3) is 0 Å². The second-order valence-corrected chi connectivity index (χ2v) is 5.52. The molecule has 104 valence electrons. The van der Waals surface area contributed by atoms with Gasteiger partial charge in [0.1, 0.15) is 5.82 Å². The summed E-state index contributed by atoms with van der Waals surface area (Å²) >= 11 is 0. The minimum absolute atomic E-state index is 0.102. The van der Waals surface area contributed by atoms with Gasteiger partial charge < -0.3 is 5.11 Å². The molecular formula is C14H14F4O. The lowest BCUT2D eigenvalue weighted by molar-refractivity contribution is -0.140. The first-order valence-electron chi connectivity index (χ1n) is 6.44. The van der Waals surface area contributed by atoms with Gasteiger partial charge in [-0.1, -0.05) is 12.5 Å². The SMILES string of the molecule is OC(c1ccc(C(F)(F)F)c(F)c1)C1C2CCCC21. The molecule has 0 spiro atoms. The first kappa shape index (κ1) is 12.9. The smallest absolute Gasteiger partial charge is 0.388 e. The number of halogens is 4. The van der Waals surface area contributed by atoms with Gasteiger partial charge in [0.05, 0.1) is 11.7 Å². The lowest BCUT2D eigenvalue weighted by atomic mass is 9.98. The largest absolute Gasteiger partial charge is 0.419 e. The summed E-state index contributed by atoms with van der Waals surface area (Å²) in [6, 6.07) is 2.72. The van der Waals surface area contributed by atoms with Crippen LogP contribution >= 0.6 is 0 Å². The van der Waals surface area contributed by atoms with Crippen LogP contribution < -0.4 is 0 Å². The summed E-state index contributed by atoms with van der Waals surface area (Å²) in [5, 5.41) is 10.1. The standard InChI is InChI=1S/C14H14F4O/c15-11-6-7(4-5-10(11)14(16,17)18)13(19)12-8-2-1-3-9(8)12/h4-6,8-9,12-13,19H,1-3H2. The van der Waals surface area contributed by atoms with Gasteiger partial charge in [-0.05, 0) is 48.3 Å². The van der Waals surface area contributed by atoms with E-state index < -0.39 is 23.7 Å². The second kappa shape index (κ2) is 4.20. The molecule has 0 radical (unpaired) electrons. The van der Waals surface area contributed by atoms with E-state index in [2.05, 4.69) is 0 Å². The van der Waals surface area contributed by atoms with Gasteiger partial charge in [-0.15, -0.1) is 0 Å². The van der Waals surface area contributed by atoms with Crippen LogP contribution in [-0.4, -0.2) is 5.11 Å². The topological polar surface area (TPSA) is 20.2 Å². The van der Waals surface area contributed by atoms with E-state index >= 15 is 0 Å². The van der Waals surface area contributed by atoms with E-state index in [0.29, 0.717) is 17.9 Å². The monoisotopic (exact) mass is 274 g/mol. The molecule has 1 aromatic carbocycles. The second-order valence-electron chi connectivity index (χ2n) is 5.52. The van der Waals surface area contributed by atoms with E-state index in [-0.39, 0.29) is 11.5 Å². The molecule has 3 unspecified atom stereocenters. The molecule has 19 heavy (non-hydrogen) atoms. The van der Waals surface area contributed by atoms with Gasteiger partial charge in [-0.3, -0.25) is 0 Å². The van der Waals surface area contributed by atoms with Gasteiger partial charge in [-0.25, -0.2) is 4.39 Å². The minimum atomic E-state index is -4.69. The molecule has 0 saturated heterocycles. The molecule has 0 bridgehead atoms. The van der Waals surface area contributed by atoms with Gasteiger partial charge in [0.15, 0.2) is 0 Å². The van der Waals surface area contributed by atoms with Gasteiger partial charge in [0, 0.05) is 0 Å². The Balaban J connectivity index is 1.81. The third-order valence-electron chi connectivity index (χ3n) is 4.48. The number of benzene rings is 1. The van der Waals surface area contributed by atoms with E-state index in [9.17, 15) is 22.7 Å². The molecule has 0 aromatic heterocycles. The van der Waals surface area contributed by atoms with Crippen molar-refractivity contribution in [3.05, 3.63) is 35.1 Å². The normalized spacial score (nSPS) is 31.1. The van der Waals surface area contributed by atoms with Crippen LogP contribution in [0.5, 0.6) is 0 Å². The Hall–Kier alpha value is -1.10. The van der Waals surface area contributed by atoms with E-state index in [1.807, 2.05) is 0 Å². The Kier molecular flexibility index (Phi) is 2.85. The molecule has 1 aromatic rings. The van der Waals surface area contributed by atoms with Crippen molar-refractivity contribution in [3.63, 3.8) is 0 Å². The van der Waals surface area contributed by atoms with Gasteiger partial charge >= 0.3 is 6.18 Å². The molecule has 0 amide bonds. The fraction of sp³-hybridized carbons (Fsp3) is 0.571. The summed E-state index contributed by atoms with van der Waals surface area (Å²) in [6.45, 7) is 0. The molecule has 0 heterocycles. The number of alkyl halides is 3. The van der Waals surface area contributed by atoms with Gasteiger partial charge in [0.25, 0.3) is 0 Å². The summed E-state index contributed by atoms with van der Waals surface area (Å²) in [6.07, 6.45) is -2.25. The van der Waals surface area contributed by atoms with Gasteiger partial charge in [0.2, 0.25) is 0 Å². The van der Waals surface area contributed by atoms with Gasteiger partial charge in [-0.2, -0.15) is 13.2 Å². The van der Waals surface area contributed by atoms with Crippen LogP contribution in [0.3, 0.4) is 0 Å². The van der Waals surface area contributed by atoms with Crippen molar-refractivity contribution in [2.45, 2.75) is 31.5 Å².